The van der Waals surface area contributed by atoms with Crippen LogP contribution in [0.15, 0.2) is 54.6 Å². The second-order valence-corrected chi connectivity index (χ2v) is 4.59. The van der Waals surface area contributed by atoms with Crippen LogP contribution in [0.25, 0.3) is 0 Å². The van der Waals surface area contributed by atoms with Gasteiger partial charge in [0.05, 0.1) is 0 Å². The van der Waals surface area contributed by atoms with Crippen LogP contribution >= 0.6 is 0 Å². The van der Waals surface area contributed by atoms with Gasteiger partial charge in [-0.3, -0.25) is 9.59 Å². The largest absolute Gasteiger partial charge is 0.352 e. The minimum Gasteiger partial charge on any atom is -0.352 e. The predicted octanol–water partition coefficient (Wildman–Crippen LogP) is 2.75. The van der Waals surface area contributed by atoms with E-state index in [1.807, 2.05) is 32.0 Å². The zero-order valence-corrected chi connectivity index (χ0v) is 11.3. The molecule has 100 valence electrons. The summed E-state index contributed by atoms with van der Waals surface area (Å²) in [5.41, 5.74) is 0.636. The number of nitrogens with one attached hydrogen (secondary N) is 1. The number of carbonyl (C=O) groups excluding carboxylic acids is 2. The van der Waals surface area contributed by atoms with Crippen molar-refractivity contribution in [3.8, 4) is 0 Å². The molecule has 3 heteroatoms. The first-order valence-corrected chi connectivity index (χ1v) is 6.31. The fourth-order valence-corrected chi connectivity index (χ4v) is 1.35. The van der Waals surface area contributed by atoms with Crippen molar-refractivity contribution in [1.82, 2.24) is 5.32 Å². The van der Waals surface area contributed by atoms with E-state index in [9.17, 15) is 9.59 Å². The fourth-order valence-electron chi connectivity index (χ4n) is 1.35. The molecule has 3 nitrogen and oxygen atoms in total. The SMILES string of the molecule is CC(C)CNC(=O)/C=C/C=C/C(=O)c1ccccc1. The van der Waals surface area contributed by atoms with Crippen LogP contribution in [-0.2, 0) is 4.79 Å². The Bertz CT molecular complexity index is 473. The normalized spacial score (nSPS) is 11.3. The number of rotatable bonds is 6. The smallest absolute Gasteiger partial charge is 0.243 e. The molecular formula is C16H19NO2. The minimum absolute atomic E-state index is 0.0761. The number of benzene rings is 1. The highest BCUT2D eigenvalue weighted by Crippen LogP contribution is 2.00. The molecule has 0 aliphatic carbocycles. The molecule has 1 amide bonds. The Morgan fingerprint density at radius 3 is 2.37 bits per heavy atom. The summed E-state index contributed by atoms with van der Waals surface area (Å²) in [6.07, 6.45) is 6.00. The second-order valence-electron chi connectivity index (χ2n) is 4.59. The first kappa shape index (κ1) is 14.9. The second kappa shape index (κ2) is 8.03. The average Bonchev–Trinajstić information content (AvgIpc) is 2.42. The van der Waals surface area contributed by atoms with E-state index in [0.29, 0.717) is 18.0 Å². The van der Waals surface area contributed by atoms with E-state index in [4.69, 9.17) is 0 Å². The van der Waals surface area contributed by atoms with Crippen molar-refractivity contribution in [2.75, 3.05) is 6.54 Å². The van der Waals surface area contributed by atoms with E-state index in [0.717, 1.165) is 0 Å². The maximum absolute atomic E-state index is 11.7. The van der Waals surface area contributed by atoms with Gasteiger partial charge < -0.3 is 5.32 Å². The number of carbonyl (C=O) groups is 2. The van der Waals surface area contributed by atoms with Gasteiger partial charge in [0.1, 0.15) is 0 Å². The van der Waals surface area contributed by atoms with Crippen molar-refractivity contribution < 1.29 is 9.59 Å². The van der Waals surface area contributed by atoms with Gasteiger partial charge in [-0.2, -0.15) is 0 Å². The molecule has 0 fully saturated rings. The highest BCUT2D eigenvalue weighted by atomic mass is 16.1. The molecule has 0 spiro atoms. The van der Waals surface area contributed by atoms with Crippen LogP contribution in [0.2, 0.25) is 0 Å². The summed E-state index contributed by atoms with van der Waals surface area (Å²) >= 11 is 0. The Morgan fingerprint density at radius 2 is 1.74 bits per heavy atom. The van der Waals surface area contributed by atoms with Gasteiger partial charge in [-0.1, -0.05) is 56.3 Å². The standard InChI is InChI=1S/C16H19NO2/c1-13(2)12-17-16(19)11-7-6-10-15(18)14-8-4-3-5-9-14/h3-11,13H,12H2,1-2H3,(H,17,19)/b10-6+,11-7+. The van der Waals surface area contributed by atoms with Crippen LogP contribution in [-0.4, -0.2) is 18.2 Å². The molecule has 0 unspecified atom stereocenters. The third-order valence-corrected chi connectivity index (χ3v) is 2.35. The zero-order chi connectivity index (χ0) is 14.1. The molecule has 0 aromatic heterocycles. The van der Waals surface area contributed by atoms with E-state index < -0.39 is 0 Å². The summed E-state index contributed by atoms with van der Waals surface area (Å²) in [7, 11) is 0. The van der Waals surface area contributed by atoms with Gasteiger partial charge >= 0.3 is 0 Å². The maximum Gasteiger partial charge on any atom is 0.243 e. The van der Waals surface area contributed by atoms with E-state index >= 15 is 0 Å². The van der Waals surface area contributed by atoms with Crippen molar-refractivity contribution in [3.05, 3.63) is 60.2 Å². The molecule has 0 atom stereocenters. The molecule has 0 radical (unpaired) electrons. The van der Waals surface area contributed by atoms with Crippen LogP contribution < -0.4 is 5.32 Å². The van der Waals surface area contributed by atoms with Crippen molar-refractivity contribution in [3.63, 3.8) is 0 Å². The number of allylic oxidation sites excluding steroid dienone is 3. The monoisotopic (exact) mass is 257 g/mol. The summed E-state index contributed by atoms with van der Waals surface area (Å²) in [6.45, 7) is 4.71. The lowest BCUT2D eigenvalue weighted by Gasteiger charge is -2.03. The molecule has 0 aliphatic heterocycles. The molecular weight excluding hydrogens is 238 g/mol. The van der Waals surface area contributed by atoms with Gasteiger partial charge in [0, 0.05) is 18.2 Å². The van der Waals surface area contributed by atoms with E-state index in [1.54, 1.807) is 24.3 Å². The Morgan fingerprint density at radius 1 is 1.11 bits per heavy atom. The number of hydrogen-bond acceptors (Lipinski definition) is 2. The van der Waals surface area contributed by atoms with Crippen molar-refractivity contribution in [1.29, 1.82) is 0 Å². The van der Waals surface area contributed by atoms with E-state index in [2.05, 4.69) is 5.32 Å². The van der Waals surface area contributed by atoms with Crippen LogP contribution in [0.1, 0.15) is 24.2 Å². The van der Waals surface area contributed by atoms with Crippen molar-refractivity contribution >= 4 is 11.7 Å². The van der Waals surface area contributed by atoms with Gasteiger partial charge in [0.15, 0.2) is 5.78 Å². The quantitative estimate of drug-likeness (QED) is 0.484. The van der Waals surface area contributed by atoms with Gasteiger partial charge in [0.25, 0.3) is 0 Å². The van der Waals surface area contributed by atoms with E-state index in [1.165, 1.54) is 12.2 Å². The Kier molecular flexibility index (Phi) is 6.30. The average molecular weight is 257 g/mol. The van der Waals surface area contributed by atoms with Crippen LogP contribution in [0, 0.1) is 5.92 Å². The topological polar surface area (TPSA) is 46.2 Å². The van der Waals surface area contributed by atoms with E-state index in [-0.39, 0.29) is 11.7 Å². The predicted molar refractivity (Wildman–Crippen MR) is 76.9 cm³/mol. The molecule has 1 aromatic rings. The third kappa shape index (κ3) is 6.36. The van der Waals surface area contributed by atoms with Crippen molar-refractivity contribution in [2.24, 2.45) is 5.92 Å². The van der Waals surface area contributed by atoms with Gasteiger partial charge in [-0.05, 0) is 12.0 Å². The molecule has 0 bridgehead atoms. The molecule has 1 N–H and O–H groups in total. The first-order chi connectivity index (χ1) is 9.09. The number of hydrogen-bond donors (Lipinski definition) is 1. The highest BCUT2D eigenvalue weighted by Gasteiger charge is 1.98. The summed E-state index contributed by atoms with van der Waals surface area (Å²) < 4.78 is 0. The van der Waals surface area contributed by atoms with Crippen LogP contribution in [0.5, 0.6) is 0 Å². The van der Waals surface area contributed by atoms with Gasteiger partial charge in [-0.15, -0.1) is 0 Å². The zero-order valence-electron chi connectivity index (χ0n) is 11.3. The summed E-state index contributed by atoms with van der Waals surface area (Å²) in [6, 6.07) is 9.00. The van der Waals surface area contributed by atoms with Crippen LogP contribution in [0.3, 0.4) is 0 Å². The fraction of sp³-hybridized carbons (Fsp3) is 0.250. The Hall–Kier alpha value is -2.16. The van der Waals surface area contributed by atoms with Gasteiger partial charge in [-0.25, -0.2) is 0 Å². The number of amides is 1. The summed E-state index contributed by atoms with van der Waals surface area (Å²) in [4.78, 5) is 23.0. The summed E-state index contributed by atoms with van der Waals surface area (Å²) in [5, 5.41) is 2.76. The third-order valence-electron chi connectivity index (χ3n) is 2.35. The molecule has 19 heavy (non-hydrogen) atoms. The lowest BCUT2D eigenvalue weighted by atomic mass is 10.1. The number of ketones is 1. The Labute approximate surface area is 114 Å². The molecule has 0 heterocycles. The molecule has 1 aromatic carbocycles. The molecule has 1 rings (SSSR count). The summed E-state index contributed by atoms with van der Waals surface area (Å²) in [5.74, 6) is 0.200. The van der Waals surface area contributed by atoms with Crippen LogP contribution in [0.4, 0.5) is 0 Å². The Balaban J connectivity index is 2.41. The first-order valence-electron chi connectivity index (χ1n) is 6.31. The van der Waals surface area contributed by atoms with Crippen molar-refractivity contribution in [2.45, 2.75) is 13.8 Å². The molecule has 0 saturated heterocycles. The van der Waals surface area contributed by atoms with Gasteiger partial charge in [0.2, 0.25) is 5.91 Å². The lowest BCUT2D eigenvalue weighted by molar-refractivity contribution is -0.116. The minimum atomic E-state index is -0.148. The highest BCUT2D eigenvalue weighted by molar-refractivity contribution is 6.04. The lowest BCUT2D eigenvalue weighted by Crippen LogP contribution is -2.25. The molecule has 0 saturated carbocycles. The molecule has 0 aliphatic rings. The maximum atomic E-state index is 11.7.